The molecule has 0 amide bonds. The van der Waals surface area contributed by atoms with Gasteiger partial charge in [0.25, 0.3) is 0 Å². The van der Waals surface area contributed by atoms with Crippen molar-refractivity contribution in [1.82, 2.24) is 4.72 Å². The lowest BCUT2D eigenvalue weighted by Gasteiger charge is -2.18. The lowest BCUT2D eigenvalue weighted by molar-refractivity contribution is 0.588. The Morgan fingerprint density at radius 3 is 2.63 bits per heavy atom. The summed E-state index contributed by atoms with van der Waals surface area (Å²) in [5.41, 5.74) is 6.69. The molecule has 1 atom stereocenters. The third-order valence-corrected chi connectivity index (χ3v) is 4.41. The molecule has 0 aliphatic carbocycles. The van der Waals surface area contributed by atoms with Crippen molar-refractivity contribution in [1.29, 1.82) is 0 Å². The summed E-state index contributed by atoms with van der Waals surface area (Å²) in [6, 6.07) is 5.10. The number of nitrogen functional groups attached to an aromatic ring is 1. The highest BCUT2D eigenvalue weighted by molar-refractivity contribution is 7.89. The van der Waals surface area contributed by atoms with Crippen molar-refractivity contribution in [2.75, 3.05) is 18.1 Å². The van der Waals surface area contributed by atoms with Crippen molar-refractivity contribution in [3.8, 4) is 0 Å². The van der Waals surface area contributed by atoms with Gasteiger partial charge in [-0.2, -0.15) is 0 Å². The summed E-state index contributed by atoms with van der Waals surface area (Å²) < 4.78 is 26.2. The zero-order valence-electron chi connectivity index (χ0n) is 11.7. The van der Waals surface area contributed by atoms with Crippen LogP contribution in [0.25, 0.3) is 0 Å². The summed E-state index contributed by atoms with van der Waals surface area (Å²) in [5.74, 6) is 0. The highest BCUT2D eigenvalue weighted by Gasteiger charge is 2.18. The average Bonchev–Trinajstić information content (AvgIpc) is 2.38. The minimum Gasteiger partial charge on any atom is -0.399 e. The van der Waals surface area contributed by atoms with Gasteiger partial charge in [-0.1, -0.05) is 19.8 Å². The van der Waals surface area contributed by atoms with Gasteiger partial charge in [-0.05, 0) is 38.6 Å². The molecule has 0 fully saturated rings. The van der Waals surface area contributed by atoms with Crippen LogP contribution in [0.1, 0.15) is 33.1 Å². The van der Waals surface area contributed by atoms with Crippen molar-refractivity contribution in [3.05, 3.63) is 18.2 Å². The van der Waals surface area contributed by atoms with E-state index in [4.69, 9.17) is 5.73 Å². The lowest BCUT2D eigenvalue weighted by Crippen LogP contribution is -2.22. The predicted molar refractivity (Wildman–Crippen MR) is 79.7 cm³/mol. The molecule has 0 saturated heterocycles. The lowest BCUT2D eigenvalue weighted by atomic mass is 10.1. The summed E-state index contributed by atoms with van der Waals surface area (Å²) >= 11 is 0. The van der Waals surface area contributed by atoms with Crippen LogP contribution in [-0.4, -0.2) is 21.5 Å². The van der Waals surface area contributed by atoms with E-state index in [1.54, 1.807) is 12.1 Å². The SMILES string of the molecule is CCCCC(C)Nc1ccc(N)cc1S(=O)(=O)NC. The van der Waals surface area contributed by atoms with Crippen molar-refractivity contribution in [3.63, 3.8) is 0 Å². The van der Waals surface area contributed by atoms with Crippen LogP contribution in [0.2, 0.25) is 0 Å². The van der Waals surface area contributed by atoms with Crippen LogP contribution in [0.15, 0.2) is 23.1 Å². The van der Waals surface area contributed by atoms with E-state index < -0.39 is 10.0 Å². The van der Waals surface area contributed by atoms with Gasteiger partial charge in [-0.25, -0.2) is 13.1 Å². The van der Waals surface area contributed by atoms with Gasteiger partial charge in [-0.15, -0.1) is 0 Å². The van der Waals surface area contributed by atoms with E-state index in [-0.39, 0.29) is 10.9 Å². The van der Waals surface area contributed by atoms with E-state index >= 15 is 0 Å². The van der Waals surface area contributed by atoms with E-state index in [2.05, 4.69) is 17.0 Å². The standard InChI is InChI=1S/C13H23N3O2S/c1-4-5-6-10(2)16-12-8-7-11(14)9-13(12)19(17,18)15-3/h7-10,15-16H,4-6,14H2,1-3H3. The maximum absolute atomic E-state index is 12.0. The Hall–Kier alpha value is -1.27. The first kappa shape index (κ1) is 15.8. The molecule has 0 spiro atoms. The normalized spacial score (nSPS) is 13.2. The number of nitrogens with one attached hydrogen (secondary N) is 2. The summed E-state index contributed by atoms with van der Waals surface area (Å²) in [6.45, 7) is 4.18. The highest BCUT2D eigenvalue weighted by Crippen LogP contribution is 2.25. The average molecular weight is 285 g/mol. The Balaban J connectivity index is 3.01. The van der Waals surface area contributed by atoms with E-state index in [1.807, 2.05) is 6.92 Å². The number of rotatable bonds is 7. The molecular weight excluding hydrogens is 262 g/mol. The Kier molecular flexibility index (Phi) is 5.62. The fourth-order valence-electron chi connectivity index (χ4n) is 1.84. The van der Waals surface area contributed by atoms with Crippen LogP contribution in [0.4, 0.5) is 11.4 Å². The third-order valence-electron chi connectivity index (χ3n) is 2.96. The number of hydrogen-bond donors (Lipinski definition) is 3. The molecule has 0 aliphatic heterocycles. The first-order chi connectivity index (χ1) is 8.90. The van der Waals surface area contributed by atoms with Gasteiger partial charge >= 0.3 is 0 Å². The summed E-state index contributed by atoms with van der Waals surface area (Å²) in [4.78, 5) is 0.193. The third kappa shape index (κ3) is 4.40. The van der Waals surface area contributed by atoms with E-state index in [0.717, 1.165) is 19.3 Å². The largest absolute Gasteiger partial charge is 0.399 e. The molecule has 0 heterocycles. The quantitative estimate of drug-likeness (QED) is 0.670. The van der Waals surface area contributed by atoms with E-state index in [0.29, 0.717) is 11.4 Å². The van der Waals surface area contributed by atoms with Crippen molar-refractivity contribution < 1.29 is 8.42 Å². The van der Waals surface area contributed by atoms with Crippen LogP contribution in [0.3, 0.4) is 0 Å². The first-order valence-electron chi connectivity index (χ1n) is 6.50. The molecule has 1 rings (SSSR count). The van der Waals surface area contributed by atoms with E-state index in [1.165, 1.54) is 13.1 Å². The maximum atomic E-state index is 12.0. The van der Waals surface area contributed by atoms with Gasteiger partial charge in [0.05, 0.1) is 5.69 Å². The summed E-state index contributed by atoms with van der Waals surface area (Å²) in [7, 11) is -2.12. The van der Waals surface area contributed by atoms with Gasteiger partial charge in [0.2, 0.25) is 10.0 Å². The fourth-order valence-corrected chi connectivity index (χ4v) is 2.77. The second kappa shape index (κ2) is 6.77. The Morgan fingerprint density at radius 2 is 2.05 bits per heavy atom. The second-order valence-corrected chi connectivity index (χ2v) is 6.51. The van der Waals surface area contributed by atoms with Gasteiger partial charge in [0, 0.05) is 11.7 Å². The smallest absolute Gasteiger partial charge is 0.242 e. The van der Waals surface area contributed by atoms with Gasteiger partial charge in [-0.3, -0.25) is 0 Å². The number of benzene rings is 1. The van der Waals surface area contributed by atoms with Crippen LogP contribution in [0.5, 0.6) is 0 Å². The molecule has 108 valence electrons. The minimum absolute atomic E-state index is 0.193. The van der Waals surface area contributed by atoms with Crippen LogP contribution >= 0.6 is 0 Å². The molecule has 19 heavy (non-hydrogen) atoms. The minimum atomic E-state index is -3.51. The Morgan fingerprint density at radius 1 is 1.37 bits per heavy atom. The van der Waals surface area contributed by atoms with Crippen molar-refractivity contribution in [2.24, 2.45) is 0 Å². The molecule has 0 saturated carbocycles. The number of nitrogens with two attached hydrogens (primary N) is 1. The number of sulfonamides is 1. The molecule has 0 bridgehead atoms. The topological polar surface area (TPSA) is 84.2 Å². The monoisotopic (exact) mass is 285 g/mol. The summed E-state index contributed by atoms with van der Waals surface area (Å²) in [6.07, 6.45) is 3.23. The zero-order valence-corrected chi connectivity index (χ0v) is 12.5. The van der Waals surface area contributed by atoms with Crippen LogP contribution < -0.4 is 15.8 Å². The number of hydrogen-bond acceptors (Lipinski definition) is 4. The van der Waals surface area contributed by atoms with Gasteiger partial charge in [0.15, 0.2) is 0 Å². The van der Waals surface area contributed by atoms with Crippen molar-refractivity contribution in [2.45, 2.75) is 44.0 Å². The van der Waals surface area contributed by atoms with Gasteiger partial charge < -0.3 is 11.1 Å². The molecular formula is C13H23N3O2S. The Labute approximate surface area is 115 Å². The molecule has 1 aromatic carbocycles. The maximum Gasteiger partial charge on any atom is 0.242 e. The highest BCUT2D eigenvalue weighted by atomic mass is 32.2. The second-order valence-electron chi connectivity index (χ2n) is 4.65. The fraction of sp³-hybridized carbons (Fsp3) is 0.538. The molecule has 0 aliphatic rings. The molecule has 1 unspecified atom stereocenters. The molecule has 6 heteroatoms. The Bertz CT molecular complexity index is 515. The first-order valence-corrected chi connectivity index (χ1v) is 7.98. The zero-order chi connectivity index (χ0) is 14.5. The molecule has 1 aromatic rings. The van der Waals surface area contributed by atoms with E-state index in [9.17, 15) is 8.42 Å². The number of unbranched alkanes of at least 4 members (excludes halogenated alkanes) is 1. The van der Waals surface area contributed by atoms with Crippen molar-refractivity contribution >= 4 is 21.4 Å². The van der Waals surface area contributed by atoms with Crippen LogP contribution in [0, 0.1) is 0 Å². The molecule has 4 N–H and O–H groups in total. The summed E-state index contributed by atoms with van der Waals surface area (Å²) in [5, 5.41) is 3.24. The van der Waals surface area contributed by atoms with Crippen LogP contribution in [-0.2, 0) is 10.0 Å². The van der Waals surface area contributed by atoms with Gasteiger partial charge in [0.1, 0.15) is 4.90 Å². The molecule has 5 nitrogen and oxygen atoms in total. The number of anilines is 2. The molecule has 0 aromatic heterocycles. The predicted octanol–water partition coefficient (Wildman–Crippen LogP) is 2.17. The molecule has 0 radical (unpaired) electrons.